The first kappa shape index (κ1) is 9.14. The molecule has 2 rings (SSSR count). The van der Waals surface area contributed by atoms with Crippen LogP contribution in [0.15, 0.2) is 12.3 Å². The largest absolute Gasteiger partial charge is 0.389 e. The lowest BCUT2D eigenvalue weighted by molar-refractivity contribution is -0.389. The van der Waals surface area contributed by atoms with Gasteiger partial charge in [0.25, 0.3) is 0 Å². The molecule has 1 fully saturated rings. The molecule has 1 saturated heterocycles. The lowest BCUT2D eigenvalue weighted by atomic mass is 10.2. The van der Waals surface area contributed by atoms with E-state index in [-0.39, 0.29) is 5.82 Å². The van der Waals surface area contributed by atoms with E-state index >= 15 is 0 Å². The summed E-state index contributed by atoms with van der Waals surface area (Å²) in [4.78, 5) is 9.89. The van der Waals surface area contributed by atoms with Crippen LogP contribution in [0.2, 0.25) is 0 Å². The lowest BCUT2D eigenvalue weighted by Crippen LogP contribution is -2.26. The van der Waals surface area contributed by atoms with Crippen LogP contribution in [0, 0.1) is 10.1 Å². The Hall–Kier alpha value is -1.43. The molecule has 6 nitrogen and oxygen atoms in total. The number of hydrogen-bond acceptors (Lipinski definition) is 4. The topological polar surface area (TPSA) is 73.0 Å². The second-order valence-corrected chi connectivity index (χ2v) is 3.45. The molecule has 1 atom stereocenters. The molecule has 0 aromatic carbocycles. The van der Waals surface area contributed by atoms with Crippen molar-refractivity contribution >= 4 is 5.82 Å². The number of hydrogen-bond donors (Lipinski definition) is 1. The average Bonchev–Trinajstić information content (AvgIpc) is 2.75. The molecule has 76 valence electrons. The summed E-state index contributed by atoms with van der Waals surface area (Å²) in [6.07, 6.45) is 3.94. The van der Waals surface area contributed by atoms with Crippen molar-refractivity contribution in [2.45, 2.75) is 25.4 Å². The fraction of sp³-hybridized carbons (Fsp3) is 0.625. The zero-order valence-electron chi connectivity index (χ0n) is 7.72. The Bertz CT molecular complexity index is 330. The van der Waals surface area contributed by atoms with E-state index in [1.54, 1.807) is 10.9 Å². The summed E-state index contributed by atoms with van der Waals surface area (Å²) >= 11 is 0. The summed E-state index contributed by atoms with van der Waals surface area (Å²) in [5, 5.41) is 17.5. The lowest BCUT2D eigenvalue weighted by Gasteiger charge is -2.06. The molecule has 2 heterocycles. The van der Waals surface area contributed by atoms with Gasteiger partial charge in [0.2, 0.25) is 0 Å². The number of nitrogens with one attached hydrogen (secondary N) is 1. The molecule has 0 spiro atoms. The molecule has 0 bridgehead atoms. The van der Waals surface area contributed by atoms with Crippen LogP contribution in [0.5, 0.6) is 0 Å². The molecular formula is C8H12N4O2. The molecule has 1 aliphatic heterocycles. The molecule has 1 aromatic rings. The highest BCUT2D eigenvalue weighted by molar-refractivity contribution is 5.14. The van der Waals surface area contributed by atoms with Crippen LogP contribution in [0.1, 0.15) is 12.8 Å². The molecule has 1 N–H and O–H groups in total. The summed E-state index contributed by atoms with van der Waals surface area (Å²) in [5.41, 5.74) is 0. The minimum atomic E-state index is -0.474. The third kappa shape index (κ3) is 1.90. The van der Waals surface area contributed by atoms with Crippen molar-refractivity contribution in [2.24, 2.45) is 0 Å². The van der Waals surface area contributed by atoms with Gasteiger partial charge in [-0.25, -0.2) is 0 Å². The van der Waals surface area contributed by atoms with Gasteiger partial charge in [-0.05, 0) is 24.3 Å². The van der Waals surface area contributed by atoms with Crippen molar-refractivity contribution < 1.29 is 4.92 Å². The Morgan fingerprint density at radius 2 is 2.64 bits per heavy atom. The van der Waals surface area contributed by atoms with Gasteiger partial charge in [0.15, 0.2) is 0 Å². The van der Waals surface area contributed by atoms with Gasteiger partial charge in [-0.2, -0.15) is 4.68 Å². The number of nitro groups is 1. The van der Waals surface area contributed by atoms with Crippen LogP contribution in [-0.2, 0) is 6.54 Å². The van der Waals surface area contributed by atoms with E-state index in [4.69, 9.17) is 0 Å². The van der Waals surface area contributed by atoms with Crippen molar-refractivity contribution in [3.63, 3.8) is 0 Å². The first-order valence-electron chi connectivity index (χ1n) is 4.67. The quantitative estimate of drug-likeness (QED) is 0.565. The number of rotatable bonds is 3. The average molecular weight is 196 g/mol. The molecule has 0 radical (unpaired) electrons. The van der Waals surface area contributed by atoms with Crippen LogP contribution in [0.25, 0.3) is 0 Å². The minimum Gasteiger partial charge on any atom is -0.358 e. The van der Waals surface area contributed by atoms with Gasteiger partial charge in [-0.3, -0.25) is 0 Å². The van der Waals surface area contributed by atoms with Crippen molar-refractivity contribution in [1.82, 2.24) is 15.1 Å². The predicted molar refractivity (Wildman–Crippen MR) is 49.9 cm³/mol. The molecule has 1 aliphatic rings. The van der Waals surface area contributed by atoms with E-state index in [0.717, 1.165) is 13.0 Å². The Labute approximate surface area is 81.1 Å². The second kappa shape index (κ2) is 3.75. The van der Waals surface area contributed by atoms with Crippen LogP contribution >= 0.6 is 0 Å². The van der Waals surface area contributed by atoms with Crippen molar-refractivity contribution in [3.8, 4) is 0 Å². The molecule has 0 unspecified atom stereocenters. The Kier molecular flexibility index (Phi) is 2.45. The summed E-state index contributed by atoms with van der Waals surface area (Å²) < 4.78 is 1.63. The fourth-order valence-electron chi connectivity index (χ4n) is 1.69. The first-order chi connectivity index (χ1) is 6.75. The van der Waals surface area contributed by atoms with Crippen molar-refractivity contribution in [3.05, 3.63) is 22.4 Å². The normalized spacial score (nSPS) is 21.3. The molecule has 1 aromatic heterocycles. The molecule has 0 aliphatic carbocycles. The van der Waals surface area contributed by atoms with Gasteiger partial charge in [-0.1, -0.05) is 0 Å². The Morgan fingerprint density at radius 3 is 3.21 bits per heavy atom. The van der Waals surface area contributed by atoms with Crippen LogP contribution in [0.4, 0.5) is 5.82 Å². The fourth-order valence-corrected chi connectivity index (χ4v) is 1.69. The molecule has 6 heteroatoms. The maximum absolute atomic E-state index is 10.4. The standard InChI is InChI=1S/C8H12N4O2/c13-12(14)8-3-5-11(10-8)6-7-2-1-4-9-7/h3,5,7,9H,1-2,4,6H2/t7-/m1/s1. The van der Waals surface area contributed by atoms with Gasteiger partial charge >= 0.3 is 5.82 Å². The van der Waals surface area contributed by atoms with Crippen molar-refractivity contribution in [2.75, 3.05) is 6.54 Å². The highest BCUT2D eigenvalue weighted by Gasteiger charge is 2.18. The van der Waals surface area contributed by atoms with Crippen LogP contribution < -0.4 is 5.32 Å². The van der Waals surface area contributed by atoms with E-state index in [1.165, 1.54) is 12.5 Å². The summed E-state index contributed by atoms with van der Waals surface area (Å²) in [5.74, 6) is -0.0806. The smallest absolute Gasteiger partial charge is 0.358 e. The zero-order chi connectivity index (χ0) is 9.97. The molecule has 0 amide bonds. The summed E-state index contributed by atoms with van der Waals surface area (Å²) in [7, 11) is 0. The minimum absolute atomic E-state index is 0.0806. The third-order valence-corrected chi connectivity index (χ3v) is 2.38. The predicted octanol–water partition coefficient (Wildman–Crippen LogP) is 0.543. The zero-order valence-corrected chi connectivity index (χ0v) is 7.72. The van der Waals surface area contributed by atoms with E-state index in [1.807, 2.05) is 0 Å². The highest BCUT2D eigenvalue weighted by atomic mass is 16.6. The number of aromatic nitrogens is 2. The molecule has 0 saturated carbocycles. The van der Waals surface area contributed by atoms with Crippen LogP contribution in [-0.4, -0.2) is 27.3 Å². The van der Waals surface area contributed by atoms with E-state index in [2.05, 4.69) is 10.4 Å². The maximum atomic E-state index is 10.4. The van der Waals surface area contributed by atoms with Crippen molar-refractivity contribution in [1.29, 1.82) is 0 Å². The molecular weight excluding hydrogens is 184 g/mol. The highest BCUT2D eigenvalue weighted by Crippen LogP contribution is 2.10. The SMILES string of the molecule is O=[N+]([O-])c1ccn(C[C@H]2CCCN2)n1. The molecule has 14 heavy (non-hydrogen) atoms. The van der Waals surface area contributed by atoms with E-state index < -0.39 is 4.92 Å². The van der Waals surface area contributed by atoms with Gasteiger partial charge in [-0.15, -0.1) is 0 Å². The first-order valence-corrected chi connectivity index (χ1v) is 4.67. The van der Waals surface area contributed by atoms with E-state index in [9.17, 15) is 10.1 Å². The summed E-state index contributed by atoms with van der Waals surface area (Å²) in [6, 6.07) is 1.84. The van der Waals surface area contributed by atoms with Gasteiger partial charge in [0, 0.05) is 6.04 Å². The maximum Gasteiger partial charge on any atom is 0.389 e. The summed E-state index contributed by atoms with van der Waals surface area (Å²) in [6.45, 7) is 1.75. The van der Waals surface area contributed by atoms with E-state index in [0.29, 0.717) is 12.6 Å². The van der Waals surface area contributed by atoms with Gasteiger partial charge in [0.1, 0.15) is 0 Å². The van der Waals surface area contributed by atoms with Gasteiger partial charge in [0.05, 0.1) is 23.9 Å². The Balaban J connectivity index is 1.98. The van der Waals surface area contributed by atoms with Crippen LogP contribution in [0.3, 0.4) is 0 Å². The monoisotopic (exact) mass is 196 g/mol. The third-order valence-electron chi connectivity index (χ3n) is 2.38. The number of nitrogens with zero attached hydrogens (tertiary/aromatic N) is 3. The van der Waals surface area contributed by atoms with Gasteiger partial charge < -0.3 is 15.4 Å². The second-order valence-electron chi connectivity index (χ2n) is 3.45. The Morgan fingerprint density at radius 1 is 1.79 bits per heavy atom.